The summed E-state index contributed by atoms with van der Waals surface area (Å²) in [4.78, 5) is 0. The van der Waals surface area contributed by atoms with E-state index in [9.17, 15) is 5.26 Å². The molecule has 1 aliphatic carbocycles. The second-order valence-corrected chi connectivity index (χ2v) is 5.25. The van der Waals surface area contributed by atoms with Crippen LogP contribution in [0.1, 0.15) is 24.1 Å². The maximum Gasteiger partial charge on any atom is 0.125 e. The Kier molecular flexibility index (Phi) is 2.77. The molecular formula is C14H14ClN3. The van der Waals surface area contributed by atoms with Gasteiger partial charge in [0, 0.05) is 41.1 Å². The van der Waals surface area contributed by atoms with Gasteiger partial charge >= 0.3 is 0 Å². The lowest BCUT2D eigenvalue weighted by atomic mass is 10.1. The third kappa shape index (κ3) is 1.88. The van der Waals surface area contributed by atoms with Crippen molar-refractivity contribution >= 4 is 22.5 Å². The molecule has 2 aromatic rings. The lowest BCUT2D eigenvalue weighted by Gasteiger charge is -2.02. The smallest absolute Gasteiger partial charge is 0.125 e. The van der Waals surface area contributed by atoms with E-state index in [4.69, 9.17) is 11.6 Å². The van der Waals surface area contributed by atoms with Gasteiger partial charge in [0.05, 0.1) is 0 Å². The van der Waals surface area contributed by atoms with Gasteiger partial charge in [-0.25, -0.2) is 0 Å². The Morgan fingerprint density at radius 3 is 2.94 bits per heavy atom. The predicted octanol–water partition coefficient (Wildman–Crippen LogP) is 2.96. The van der Waals surface area contributed by atoms with Gasteiger partial charge in [-0.1, -0.05) is 11.6 Å². The first-order chi connectivity index (χ1) is 8.70. The number of hydrogen-bond donors (Lipinski definition) is 1. The van der Waals surface area contributed by atoms with Crippen molar-refractivity contribution in [2.24, 2.45) is 7.05 Å². The van der Waals surface area contributed by atoms with Crippen molar-refractivity contribution in [3.05, 3.63) is 34.5 Å². The maximum atomic E-state index is 9.32. The summed E-state index contributed by atoms with van der Waals surface area (Å²) < 4.78 is 1.94. The highest BCUT2D eigenvalue weighted by molar-refractivity contribution is 6.31. The number of nitriles is 1. The molecule has 1 heterocycles. The Hall–Kier alpha value is -1.50. The molecule has 0 spiro atoms. The molecule has 0 aliphatic heterocycles. The van der Waals surface area contributed by atoms with Crippen LogP contribution in [-0.4, -0.2) is 10.6 Å². The van der Waals surface area contributed by atoms with Gasteiger partial charge in [-0.3, -0.25) is 0 Å². The van der Waals surface area contributed by atoms with E-state index in [1.165, 1.54) is 12.8 Å². The van der Waals surface area contributed by atoms with E-state index in [-0.39, 0.29) is 0 Å². The van der Waals surface area contributed by atoms with Crippen LogP contribution in [0.3, 0.4) is 0 Å². The van der Waals surface area contributed by atoms with Crippen LogP contribution >= 0.6 is 11.6 Å². The van der Waals surface area contributed by atoms with E-state index in [1.54, 1.807) is 0 Å². The number of benzene rings is 1. The van der Waals surface area contributed by atoms with Crippen molar-refractivity contribution in [3.63, 3.8) is 0 Å². The molecule has 1 aliphatic rings. The van der Waals surface area contributed by atoms with Gasteiger partial charge in [0.1, 0.15) is 11.8 Å². The number of nitrogens with one attached hydrogen (secondary N) is 1. The summed E-state index contributed by atoms with van der Waals surface area (Å²) in [5.41, 5.74) is 2.84. The molecule has 4 heteroatoms. The van der Waals surface area contributed by atoms with Gasteiger partial charge < -0.3 is 9.88 Å². The van der Waals surface area contributed by atoms with Crippen molar-refractivity contribution in [1.82, 2.24) is 9.88 Å². The van der Waals surface area contributed by atoms with Crippen LogP contribution in [0.4, 0.5) is 0 Å². The van der Waals surface area contributed by atoms with Gasteiger partial charge in [0.25, 0.3) is 0 Å². The minimum absolute atomic E-state index is 0.631. The topological polar surface area (TPSA) is 40.8 Å². The predicted molar refractivity (Wildman–Crippen MR) is 72.5 cm³/mol. The monoisotopic (exact) mass is 259 g/mol. The van der Waals surface area contributed by atoms with Crippen LogP contribution in [0.25, 0.3) is 10.9 Å². The molecular weight excluding hydrogens is 246 g/mol. The zero-order chi connectivity index (χ0) is 12.7. The van der Waals surface area contributed by atoms with Crippen molar-refractivity contribution in [3.8, 4) is 6.07 Å². The zero-order valence-electron chi connectivity index (χ0n) is 10.2. The summed E-state index contributed by atoms with van der Waals surface area (Å²) in [7, 11) is 1.93. The van der Waals surface area contributed by atoms with Gasteiger partial charge in [0.2, 0.25) is 0 Å². The largest absolute Gasteiger partial charge is 0.335 e. The summed E-state index contributed by atoms with van der Waals surface area (Å²) in [6.07, 6.45) is 2.49. The fourth-order valence-corrected chi connectivity index (χ4v) is 2.52. The van der Waals surface area contributed by atoms with Crippen molar-refractivity contribution < 1.29 is 0 Å². The second kappa shape index (κ2) is 4.31. The number of hydrogen-bond acceptors (Lipinski definition) is 2. The van der Waals surface area contributed by atoms with E-state index >= 15 is 0 Å². The van der Waals surface area contributed by atoms with Gasteiger partial charge in [-0.15, -0.1) is 0 Å². The molecule has 1 aromatic heterocycles. The number of rotatable bonds is 3. The lowest BCUT2D eigenvalue weighted by molar-refractivity contribution is 0.687. The SMILES string of the molecule is Cn1c(C#N)c(CNC2CC2)c2cc(Cl)ccc21. The minimum atomic E-state index is 0.631. The molecule has 1 fully saturated rings. The summed E-state index contributed by atoms with van der Waals surface area (Å²) >= 11 is 6.06. The Balaban J connectivity index is 2.12. The van der Waals surface area contributed by atoms with E-state index < -0.39 is 0 Å². The Morgan fingerprint density at radius 2 is 2.28 bits per heavy atom. The fourth-order valence-electron chi connectivity index (χ4n) is 2.35. The van der Waals surface area contributed by atoms with Crippen LogP contribution in [0, 0.1) is 11.3 Å². The number of fused-ring (bicyclic) bond motifs is 1. The van der Waals surface area contributed by atoms with Crippen molar-refractivity contribution in [2.45, 2.75) is 25.4 Å². The van der Waals surface area contributed by atoms with Crippen molar-refractivity contribution in [1.29, 1.82) is 5.26 Å². The average molecular weight is 260 g/mol. The number of aromatic nitrogens is 1. The van der Waals surface area contributed by atoms with Crippen molar-refractivity contribution in [2.75, 3.05) is 0 Å². The number of halogens is 1. The molecule has 0 amide bonds. The van der Waals surface area contributed by atoms with Crippen LogP contribution < -0.4 is 5.32 Å². The molecule has 18 heavy (non-hydrogen) atoms. The first-order valence-electron chi connectivity index (χ1n) is 6.11. The summed E-state index contributed by atoms with van der Waals surface area (Å²) in [5.74, 6) is 0. The Labute approximate surface area is 111 Å². The molecule has 1 N–H and O–H groups in total. The van der Waals surface area contributed by atoms with E-state index in [0.29, 0.717) is 11.1 Å². The normalized spacial score (nSPS) is 14.9. The molecule has 0 saturated heterocycles. The first kappa shape index (κ1) is 11.6. The van der Waals surface area contributed by atoms with Gasteiger partial charge in [-0.05, 0) is 31.0 Å². The molecule has 0 radical (unpaired) electrons. The van der Waals surface area contributed by atoms with Crippen LogP contribution in [0.15, 0.2) is 18.2 Å². The standard InChI is InChI=1S/C14H14ClN3/c1-18-13-5-2-9(15)6-11(13)12(14(18)7-16)8-17-10-3-4-10/h2,5-6,10,17H,3-4,8H2,1H3. The molecule has 1 saturated carbocycles. The van der Waals surface area contributed by atoms with Crippen LogP contribution in [-0.2, 0) is 13.6 Å². The number of aryl methyl sites for hydroxylation is 1. The Bertz CT molecular complexity index is 647. The molecule has 0 unspecified atom stereocenters. The quantitative estimate of drug-likeness (QED) is 0.921. The summed E-state index contributed by atoms with van der Waals surface area (Å²) in [6.45, 7) is 0.741. The molecule has 92 valence electrons. The molecule has 3 rings (SSSR count). The van der Waals surface area contributed by atoms with E-state index in [1.807, 2.05) is 29.8 Å². The number of nitrogens with zero attached hydrogens (tertiary/aromatic N) is 2. The molecule has 3 nitrogen and oxygen atoms in total. The first-order valence-corrected chi connectivity index (χ1v) is 6.49. The zero-order valence-corrected chi connectivity index (χ0v) is 11.0. The molecule has 0 bridgehead atoms. The molecule has 0 atom stereocenters. The highest BCUT2D eigenvalue weighted by atomic mass is 35.5. The van der Waals surface area contributed by atoms with Crippen LogP contribution in [0.2, 0.25) is 5.02 Å². The van der Waals surface area contributed by atoms with E-state index in [0.717, 1.165) is 28.7 Å². The highest BCUT2D eigenvalue weighted by Gasteiger charge is 2.22. The molecule has 1 aromatic carbocycles. The summed E-state index contributed by atoms with van der Waals surface area (Å²) in [6, 6.07) is 8.71. The average Bonchev–Trinajstić information content (AvgIpc) is 3.14. The highest BCUT2D eigenvalue weighted by Crippen LogP contribution is 2.28. The van der Waals surface area contributed by atoms with Crippen LogP contribution in [0.5, 0.6) is 0 Å². The second-order valence-electron chi connectivity index (χ2n) is 4.81. The third-order valence-corrected chi connectivity index (χ3v) is 3.75. The van der Waals surface area contributed by atoms with E-state index in [2.05, 4.69) is 11.4 Å². The fraction of sp³-hybridized carbons (Fsp3) is 0.357. The summed E-state index contributed by atoms with van der Waals surface area (Å²) in [5, 5.41) is 14.6. The Morgan fingerprint density at radius 1 is 1.50 bits per heavy atom. The third-order valence-electron chi connectivity index (χ3n) is 3.52. The minimum Gasteiger partial charge on any atom is -0.335 e. The maximum absolute atomic E-state index is 9.32. The lowest BCUT2D eigenvalue weighted by Crippen LogP contribution is -2.16. The van der Waals surface area contributed by atoms with Gasteiger partial charge in [0.15, 0.2) is 0 Å². The van der Waals surface area contributed by atoms with Gasteiger partial charge in [-0.2, -0.15) is 5.26 Å².